The van der Waals surface area contributed by atoms with Crippen LogP contribution in [0.4, 0.5) is 5.69 Å². The van der Waals surface area contributed by atoms with Crippen LogP contribution >= 0.6 is 23.4 Å². The number of benzene rings is 2. The topological polar surface area (TPSA) is 90.6 Å². The molecule has 5 rings (SSSR count). The minimum Gasteiger partial charge on any atom is -0.497 e. The Morgan fingerprint density at radius 2 is 1.91 bits per heavy atom. The molecule has 2 aromatic heterocycles. The highest BCUT2D eigenvalue weighted by Gasteiger charge is 2.31. The van der Waals surface area contributed by atoms with Crippen LogP contribution in [0.1, 0.15) is 25.1 Å². The average Bonchev–Trinajstić information content (AvgIpc) is 3.27. The molecule has 0 unspecified atom stereocenters. The zero-order valence-corrected chi connectivity index (χ0v) is 21.1. The number of hydrogen-bond acceptors (Lipinski definition) is 7. The summed E-state index contributed by atoms with van der Waals surface area (Å²) in [4.78, 5) is 17.6. The molecule has 4 aromatic rings. The summed E-state index contributed by atoms with van der Waals surface area (Å²) in [5.41, 5.74) is 3.83. The molecule has 3 heterocycles. The van der Waals surface area contributed by atoms with E-state index in [1.54, 1.807) is 31.4 Å². The van der Waals surface area contributed by atoms with Crippen molar-refractivity contribution in [3.63, 3.8) is 0 Å². The largest absolute Gasteiger partial charge is 0.497 e. The van der Waals surface area contributed by atoms with Crippen molar-refractivity contribution < 1.29 is 14.3 Å². The predicted octanol–water partition coefficient (Wildman–Crippen LogP) is 5.04. The zero-order valence-electron chi connectivity index (χ0n) is 19.5. The first-order valence-corrected chi connectivity index (χ1v) is 12.4. The third kappa shape index (κ3) is 4.98. The molecule has 0 bridgehead atoms. The van der Waals surface area contributed by atoms with E-state index in [0.29, 0.717) is 40.4 Å². The van der Waals surface area contributed by atoms with Crippen LogP contribution in [0.5, 0.6) is 5.75 Å². The monoisotopic (exact) mass is 509 g/mol. The summed E-state index contributed by atoms with van der Waals surface area (Å²) in [5.74, 6) is 1.47. The van der Waals surface area contributed by atoms with Gasteiger partial charge in [-0.1, -0.05) is 23.4 Å². The van der Waals surface area contributed by atoms with Gasteiger partial charge in [-0.3, -0.25) is 9.20 Å². The highest BCUT2D eigenvalue weighted by Crippen LogP contribution is 2.34. The van der Waals surface area contributed by atoms with Crippen LogP contribution < -0.4 is 10.1 Å². The molecule has 0 spiro atoms. The van der Waals surface area contributed by atoms with Gasteiger partial charge in [0.25, 0.3) is 0 Å². The Bertz CT molecular complexity index is 1390. The van der Waals surface area contributed by atoms with Gasteiger partial charge in [-0.15, -0.1) is 10.2 Å². The summed E-state index contributed by atoms with van der Waals surface area (Å²) in [6.45, 7) is 4.51. The number of hydrogen-bond donors (Lipinski definition) is 1. The van der Waals surface area contributed by atoms with Gasteiger partial charge >= 0.3 is 0 Å². The maximum atomic E-state index is 12.6. The van der Waals surface area contributed by atoms with E-state index >= 15 is 0 Å². The van der Waals surface area contributed by atoms with E-state index in [2.05, 4.69) is 29.4 Å². The summed E-state index contributed by atoms with van der Waals surface area (Å²) >= 11 is 7.22. The van der Waals surface area contributed by atoms with Crippen molar-refractivity contribution in [2.75, 3.05) is 18.2 Å². The third-order valence-electron chi connectivity index (χ3n) is 5.71. The number of aromatic nitrogens is 4. The third-order valence-corrected chi connectivity index (χ3v) is 6.89. The second-order valence-electron chi connectivity index (χ2n) is 8.80. The summed E-state index contributed by atoms with van der Waals surface area (Å²) < 4.78 is 13.3. The molecular weight excluding hydrogens is 486 g/mol. The molecule has 35 heavy (non-hydrogen) atoms. The first-order valence-electron chi connectivity index (χ1n) is 11.1. The molecule has 0 radical (unpaired) electrons. The molecule has 0 aliphatic carbocycles. The van der Waals surface area contributed by atoms with Gasteiger partial charge in [0, 0.05) is 28.3 Å². The second kappa shape index (κ2) is 9.49. The number of carbonyl (C=O) groups excluding carboxylic acids is 1. The highest BCUT2D eigenvalue weighted by molar-refractivity contribution is 7.99. The molecule has 0 atom stereocenters. The first kappa shape index (κ1) is 23.6. The number of ether oxygens (including phenoxy) is 2. The van der Waals surface area contributed by atoms with Crippen LogP contribution in [0.2, 0.25) is 5.02 Å². The van der Waals surface area contributed by atoms with E-state index in [0.717, 1.165) is 22.6 Å². The van der Waals surface area contributed by atoms with Crippen molar-refractivity contribution in [3.8, 4) is 17.1 Å². The van der Waals surface area contributed by atoms with Gasteiger partial charge in [-0.2, -0.15) is 0 Å². The molecule has 1 aliphatic rings. The zero-order chi connectivity index (χ0) is 24.6. The summed E-state index contributed by atoms with van der Waals surface area (Å²) in [5, 5.41) is 12.9. The van der Waals surface area contributed by atoms with Crippen LogP contribution in [-0.2, 0) is 22.6 Å². The fourth-order valence-corrected chi connectivity index (χ4v) is 4.79. The van der Waals surface area contributed by atoms with Crippen molar-refractivity contribution in [2.45, 2.75) is 37.6 Å². The van der Waals surface area contributed by atoms with Crippen LogP contribution in [0, 0.1) is 0 Å². The molecule has 10 heteroatoms. The number of halogens is 1. The quantitative estimate of drug-likeness (QED) is 0.364. The van der Waals surface area contributed by atoms with E-state index in [9.17, 15) is 4.79 Å². The summed E-state index contributed by atoms with van der Waals surface area (Å²) in [7, 11) is 1.63. The van der Waals surface area contributed by atoms with E-state index in [1.165, 1.54) is 11.8 Å². The van der Waals surface area contributed by atoms with Crippen LogP contribution in [0.25, 0.3) is 17.0 Å². The van der Waals surface area contributed by atoms with Gasteiger partial charge in [0.05, 0.1) is 30.8 Å². The molecular formula is C25H24ClN5O3S. The molecule has 1 N–H and O–H groups in total. The van der Waals surface area contributed by atoms with Crippen molar-refractivity contribution in [3.05, 3.63) is 64.8 Å². The molecule has 1 aliphatic heterocycles. The van der Waals surface area contributed by atoms with E-state index < -0.39 is 0 Å². The fourth-order valence-electron chi connectivity index (χ4n) is 3.93. The summed E-state index contributed by atoms with van der Waals surface area (Å²) in [6.07, 6.45) is 0.667. The number of thioether (sulfide) groups is 1. The Balaban J connectivity index is 1.49. The van der Waals surface area contributed by atoms with Crippen LogP contribution in [-0.4, -0.2) is 44.0 Å². The molecule has 8 nitrogen and oxygen atoms in total. The van der Waals surface area contributed by atoms with Gasteiger partial charge in [0.15, 0.2) is 10.8 Å². The SMILES string of the molecule is COc1ccc(-c2nc3c(c4nnc(SCC(=O)Nc5ccc(Cl)cc5)n24)COC(C)(C)C3)cc1. The number of amides is 1. The lowest BCUT2D eigenvalue weighted by molar-refractivity contribution is -0.113. The Labute approximate surface area is 212 Å². The minimum absolute atomic E-state index is 0.156. The lowest BCUT2D eigenvalue weighted by atomic mass is 9.96. The van der Waals surface area contributed by atoms with E-state index in [1.807, 2.05) is 28.7 Å². The summed E-state index contributed by atoms with van der Waals surface area (Å²) in [6, 6.07) is 14.7. The maximum Gasteiger partial charge on any atom is 0.234 e. The van der Waals surface area contributed by atoms with Crippen molar-refractivity contribution in [1.82, 2.24) is 19.6 Å². The molecule has 0 fully saturated rings. The number of anilines is 1. The van der Waals surface area contributed by atoms with Gasteiger partial charge in [0.2, 0.25) is 5.91 Å². The number of nitrogens with zero attached hydrogens (tertiary/aromatic N) is 4. The standard InChI is InChI=1S/C25H24ClN5O3S/c1-25(2)12-20-19(13-34-25)23-29-30-24(35-14-21(32)27-17-8-6-16(26)7-9-17)31(23)22(28-20)15-4-10-18(33-3)11-5-15/h4-11H,12-14H2,1-3H3,(H,27,32). The Morgan fingerprint density at radius 3 is 2.63 bits per heavy atom. The number of methoxy groups -OCH3 is 1. The van der Waals surface area contributed by atoms with Gasteiger partial charge in [-0.05, 0) is 62.4 Å². The van der Waals surface area contributed by atoms with E-state index in [4.69, 9.17) is 26.1 Å². The lowest BCUT2D eigenvalue weighted by Crippen LogP contribution is -2.33. The fraction of sp³-hybridized carbons (Fsp3) is 0.280. The smallest absolute Gasteiger partial charge is 0.234 e. The normalized spacial score (nSPS) is 14.5. The highest BCUT2D eigenvalue weighted by atomic mass is 35.5. The van der Waals surface area contributed by atoms with Crippen molar-refractivity contribution >= 4 is 40.6 Å². The van der Waals surface area contributed by atoms with Crippen molar-refractivity contribution in [1.29, 1.82) is 0 Å². The minimum atomic E-state index is -0.313. The Hall–Kier alpha value is -3.14. The molecule has 2 aromatic carbocycles. The molecule has 180 valence electrons. The van der Waals surface area contributed by atoms with Crippen LogP contribution in [0.3, 0.4) is 0 Å². The maximum absolute atomic E-state index is 12.6. The number of nitrogens with one attached hydrogen (secondary N) is 1. The molecule has 1 amide bonds. The Morgan fingerprint density at radius 1 is 1.17 bits per heavy atom. The van der Waals surface area contributed by atoms with Gasteiger partial charge < -0.3 is 14.8 Å². The van der Waals surface area contributed by atoms with Crippen LogP contribution in [0.15, 0.2) is 53.7 Å². The number of rotatable bonds is 6. The van der Waals surface area contributed by atoms with Gasteiger partial charge in [0.1, 0.15) is 11.6 Å². The molecule has 0 saturated carbocycles. The second-order valence-corrected chi connectivity index (χ2v) is 10.2. The van der Waals surface area contributed by atoms with Gasteiger partial charge in [-0.25, -0.2) is 4.98 Å². The average molecular weight is 510 g/mol. The first-order chi connectivity index (χ1) is 16.8. The number of carbonyl (C=O) groups is 1. The van der Waals surface area contributed by atoms with E-state index in [-0.39, 0.29) is 17.3 Å². The predicted molar refractivity (Wildman–Crippen MR) is 136 cm³/mol. The lowest BCUT2D eigenvalue weighted by Gasteiger charge is -2.31. The Kier molecular flexibility index (Phi) is 6.39. The van der Waals surface area contributed by atoms with Crippen molar-refractivity contribution in [2.24, 2.45) is 0 Å². The molecule has 0 saturated heterocycles. The number of fused-ring (bicyclic) bond motifs is 3.